The van der Waals surface area contributed by atoms with Crippen LogP contribution in [0, 0.1) is 0 Å². The van der Waals surface area contributed by atoms with Crippen LogP contribution < -0.4 is 0 Å². The standard InChI is InChI=1S/C10H22O2/c1-4-7-11-8-6-9-12-10(3)5-2/h10H,4-9H2,1-3H3. The molecule has 0 aliphatic rings. The summed E-state index contributed by atoms with van der Waals surface area (Å²) < 4.78 is 10.8. The van der Waals surface area contributed by atoms with Crippen molar-refractivity contribution in [2.45, 2.75) is 46.1 Å². The van der Waals surface area contributed by atoms with E-state index in [1.807, 2.05) is 0 Å². The minimum absolute atomic E-state index is 0.399. The average molecular weight is 174 g/mol. The van der Waals surface area contributed by atoms with Crippen LogP contribution in [0.3, 0.4) is 0 Å². The Labute approximate surface area is 76.3 Å². The molecule has 0 aromatic rings. The molecule has 0 saturated carbocycles. The SMILES string of the molecule is CCCOCCCOC(C)CC. The van der Waals surface area contributed by atoms with Crippen LogP contribution in [0.25, 0.3) is 0 Å². The molecule has 0 fully saturated rings. The van der Waals surface area contributed by atoms with E-state index in [-0.39, 0.29) is 0 Å². The molecule has 0 N–H and O–H groups in total. The van der Waals surface area contributed by atoms with Crippen molar-refractivity contribution in [2.24, 2.45) is 0 Å². The molecule has 0 rings (SSSR count). The number of ether oxygens (including phenoxy) is 2. The second-order valence-electron chi connectivity index (χ2n) is 3.06. The highest BCUT2D eigenvalue weighted by atomic mass is 16.5. The van der Waals surface area contributed by atoms with Crippen LogP contribution >= 0.6 is 0 Å². The van der Waals surface area contributed by atoms with E-state index in [1.54, 1.807) is 0 Å². The normalized spacial score (nSPS) is 13.2. The van der Waals surface area contributed by atoms with Crippen molar-refractivity contribution >= 4 is 0 Å². The maximum absolute atomic E-state index is 5.49. The zero-order valence-corrected chi connectivity index (χ0v) is 8.64. The molecule has 0 radical (unpaired) electrons. The van der Waals surface area contributed by atoms with Gasteiger partial charge in [0.05, 0.1) is 6.10 Å². The van der Waals surface area contributed by atoms with Crippen LogP contribution in [0.1, 0.15) is 40.0 Å². The lowest BCUT2D eigenvalue weighted by atomic mass is 10.3. The van der Waals surface area contributed by atoms with Crippen LogP contribution in [0.15, 0.2) is 0 Å². The van der Waals surface area contributed by atoms with Crippen molar-refractivity contribution in [3.63, 3.8) is 0 Å². The van der Waals surface area contributed by atoms with Crippen LogP contribution in [0.4, 0.5) is 0 Å². The van der Waals surface area contributed by atoms with Gasteiger partial charge in [-0.05, 0) is 26.2 Å². The molecule has 0 aliphatic carbocycles. The second-order valence-corrected chi connectivity index (χ2v) is 3.06. The first-order valence-electron chi connectivity index (χ1n) is 5.00. The van der Waals surface area contributed by atoms with Crippen LogP contribution in [-0.4, -0.2) is 25.9 Å². The molecule has 12 heavy (non-hydrogen) atoms. The number of hydrogen-bond donors (Lipinski definition) is 0. The Morgan fingerprint density at radius 3 is 2.42 bits per heavy atom. The van der Waals surface area contributed by atoms with Crippen molar-refractivity contribution in [3.8, 4) is 0 Å². The molecule has 0 aromatic carbocycles. The van der Waals surface area contributed by atoms with E-state index in [9.17, 15) is 0 Å². The van der Waals surface area contributed by atoms with E-state index < -0.39 is 0 Å². The average Bonchev–Trinajstić information content (AvgIpc) is 2.10. The van der Waals surface area contributed by atoms with Gasteiger partial charge in [0.25, 0.3) is 0 Å². The minimum atomic E-state index is 0.399. The van der Waals surface area contributed by atoms with Gasteiger partial charge in [0.1, 0.15) is 0 Å². The van der Waals surface area contributed by atoms with Crippen molar-refractivity contribution in [3.05, 3.63) is 0 Å². The van der Waals surface area contributed by atoms with E-state index in [1.165, 1.54) is 0 Å². The highest BCUT2D eigenvalue weighted by Crippen LogP contribution is 1.96. The first-order chi connectivity index (χ1) is 5.81. The first-order valence-corrected chi connectivity index (χ1v) is 5.00. The Balaban J connectivity index is 2.90. The maximum Gasteiger partial charge on any atom is 0.0544 e. The molecule has 0 aromatic heterocycles. The summed E-state index contributed by atoms with van der Waals surface area (Å²) in [7, 11) is 0. The summed E-state index contributed by atoms with van der Waals surface area (Å²) in [5.74, 6) is 0. The van der Waals surface area contributed by atoms with Crippen LogP contribution in [0.5, 0.6) is 0 Å². The van der Waals surface area contributed by atoms with Gasteiger partial charge in [-0.1, -0.05) is 13.8 Å². The summed E-state index contributed by atoms with van der Waals surface area (Å²) in [6, 6.07) is 0. The molecule has 0 aliphatic heterocycles. The first kappa shape index (κ1) is 11.9. The Bertz CT molecular complexity index is 83.9. The molecule has 2 nitrogen and oxygen atoms in total. The third-order valence-corrected chi connectivity index (χ3v) is 1.76. The summed E-state index contributed by atoms with van der Waals surface area (Å²) in [6.07, 6.45) is 3.61. The molecule has 74 valence electrons. The van der Waals surface area contributed by atoms with Gasteiger partial charge in [-0.2, -0.15) is 0 Å². The van der Waals surface area contributed by atoms with E-state index >= 15 is 0 Å². The number of rotatable bonds is 8. The molecule has 1 unspecified atom stereocenters. The van der Waals surface area contributed by atoms with Gasteiger partial charge >= 0.3 is 0 Å². The molecule has 0 bridgehead atoms. The van der Waals surface area contributed by atoms with Crippen LogP contribution in [0.2, 0.25) is 0 Å². The zero-order valence-electron chi connectivity index (χ0n) is 8.64. The van der Waals surface area contributed by atoms with Gasteiger partial charge in [-0.15, -0.1) is 0 Å². The lowest BCUT2D eigenvalue weighted by Crippen LogP contribution is -2.09. The van der Waals surface area contributed by atoms with Gasteiger partial charge in [-0.3, -0.25) is 0 Å². The summed E-state index contributed by atoms with van der Waals surface area (Å²) >= 11 is 0. The Morgan fingerprint density at radius 1 is 1.08 bits per heavy atom. The van der Waals surface area contributed by atoms with Gasteiger partial charge in [0.15, 0.2) is 0 Å². The lowest BCUT2D eigenvalue weighted by Gasteiger charge is -2.09. The molecular formula is C10H22O2. The third kappa shape index (κ3) is 8.02. The van der Waals surface area contributed by atoms with Gasteiger partial charge < -0.3 is 9.47 Å². The summed E-state index contributed by atoms with van der Waals surface area (Å²) in [5.41, 5.74) is 0. The molecule has 0 heterocycles. The Kier molecular flexibility index (Phi) is 8.95. The topological polar surface area (TPSA) is 18.5 Å². The summed E-state index contributed by atoms with van der Waals surface area (Å²) in [4.78, 5) is 0. The van der Waals surface area contributed by atoms with E-state index in [0.29, 0.717) is 6.10 Å². The number of hydrogen-bond acceptors (Lipinski definition) is 2. The van der Waals surface area contributed by atoms with Gasteiger partial charge in [0.2, 0.25) is 0 Å². The Morgan fingerprint density at radius 2 is 1.83 bits per heavy atom. The van der Waals surface area contributed by atoms with Crippen molar-refractivity contribution in [1.29, 1.82) is 0 Å². The monoisotopic (exact) mass is 174 g/mol. The fourth-order valence-electron chi connectivity index (χ4n) is 0.810. The largest absolute Gasteiger partial charge is 0.381 e. The Hall–Kier alpha value is -0.0800. The highest BCUT2D eigenvalue weighted by Gasteiger charge is 1.96. The molecule has 2 heteroatoms. The molecule has 0 saturated heterocycles. The highest BCUT2D eigenvalue weighted by molar-refractivity contribution is 4.44. The van der Waals surface area contributed by atoms with Crippen molar-refractivity contribution < 1.29 is 9.47 Å². The summed E-state index contributed by atoms with van der Waals surface area (Å²) in [5, 5.41) is 0. The third-order valence-electron chi connectivity index (χ3n) is 1.76. The predicted molar refractivity (Wildman–Crippen MR) is 51.4 cm³/mol. The van der Waals surface area contributed by atoms with Gasteiger partial charge in [0, 0.05) is 19.8 Å². The molecular weight excluding hydrogens is 152 g/mol. The quantitative estimate of drug-likeness (QED) is 0.527. The maximum atomic E-state index is 5.49. The summed E-state index contributed by atoms with van der Waals surface area (Å²) in [6.45, 7) is 8.91. The molecule has 0 amide bonds. The molecule has 0 spiro atoms. The zero-order chi connectivity index (χ0) is 9.23. The lowest BCUT2D eigenvalue weighted by molar-refractivity contribution is 0.0410. The molecule has 1 atom stereocenters. The van der Waals surface area contributed by atoms with E-state index in [4.69, 9.17) is 9.47 Å². The fraction of sp³-hybridized carbons (Fsp3) is 1.00. The van der Waals surface area contributed by atoms with E-state index in [0.717, 1.165) is 39.1 Å². The second kappa shape index (κ2) is 9.01. The van der Waals surface area contributed by atoms with Crippen molar-refractivity contribution in [1.82, 2.24) is 0 Å². The van der Waals surface area contributed by atoms with Crippen molar-refractivity contribution in [2.75, 3.05) is 19.8 Å². The smallest absolute Gasteiger partial charge is 0.0544 e. The van der Waals surface area contributed by atoms with Gasteiger partial charge in [-0.25, -0.2) is 0 Å². The minimum Gasteiger partial charge on any atom is -0.381 e. The van der Waals surface area contributed by atoms with Crippen LogP contribution in [-0.2, 0) is 9.47 Å². The van der Waals surface area contributed by atoms with E-state index in [2.05, 4.69) is 20.8 Å². The fourth-order valence-corrected chi connectivity index (χ4v) is 0.810. The predicted octanol–water partition coefficient (Wildman–Crippen LogP) is 2.62.